The molecule has 2 aromatic heterocycles. The zero-order valence-corrected chi connectivity index (χ0v) is 22.1. The van der Waals surface area contributed by atoms with Crippen LogP contribution in [0.1, 0.15) is 39.8 Å². The molecule has 1 aromatic carbocycles. The molecule has 0 fully saturated rings. The normalized spacial score (nSPS) is 12.8. The highest BCUT2D eigenvalue weighted by atomic mass is 35.5. The number of aryl methyl sites for hydroxylation is 1. The highest BCUT2D eigenvalue weighted by Gasteiger charge is 2.27. The van der Waals surface area contributed by atoms with Crippen molar-refractivity contribution in [1.82, 2.24) is 20.1 Å². The topological polar surface area (TPSA) is 98.1 Å². The second-order valence-corrected chi connectivity index (χ2v) is 9.48. The van der Waals surface area contributed by atoms with Crippen molar-refractivity contribution in [3.8, 4) is 11.7 Å². The van der Waals surface area contributed by atoms with E-state index in [1.807, 2.05) is 13.2 Å². The van der Waals surface area contributed by atoms with Gasteiger partial charge in [0.15, 0.2) is 5.82 Å². The molecule has 2 N–H and O–H groups in total. The van der Waals surface area contributed by atoms with Crippen LogP contribution >= 0.6 is 35.0 Å². The van der Waals surface area contributed by atoms with E-state index in [-0.39, 0.29) is 38.2 Å². The fourth-order valence-corrected chi connectivity index (χ4v) is 4.29. The van der Waals surface area contributed by atoms with Crippen LogP contribution in [0.25, 0.3) is 5.82 Å². The van der Waals surface area contributed by atoms with Gasteiger partial charge in [-0.3, -0.25) is 9.59 Å². The fourth-order valence-electron chi connectivity index (χ4n) is 3.26. The number of pyridine rings is 1. The van der Waals surface area contributed by atoms with Gasteiger partial charge in [-0.1, -0.05) is 30.1 Å². The number of hydrogen-bond acceptors (Lipinski definition) is 6. The predicted molar refractivity (Wildman–Crippen MR) is 137 cm³/mol. The Morgan fingerprint density at radius 1 is 1.19 bits per heavy atom. The Bertz CT molecular complexity index is 1290. The lowest BCUT2D eigenvalue weighted by Gasteiger charge is -2.18. The largest absolute Gasteiger partial charge is 0.436 e. The molecule has 2 amide bonds. The maximum atomic E-state index is 13.6. The number of aromatic nitrogens is 3. The van der Waals surface area contributed by atoms with E-state index in [0.717, 1.165) is 10.7 Å². The van der Waals surface area contributed by atoms with Crippen molar-refractivity contribution in [2.24, 2.45) is 0 Å². The van der Waals surface area contributed by atoms with Crippen LogP contribution in [0.4, 0.5) is 18.9 Å². The first-order chi connectivity index (χ1) is 17.5. The Kier molecular flexibility index (Phi) is 9.68. The van der Waals surface area contributed by atoms with Crippen molar-refractivity contribution in [3.05, 3.63) is 63.4 Å². The first kappa shape index (κ1) is 28.6. The van der Waals surface area contributed by atoms with Gasteiger partial charge in [0.25, 0.3) is 18.2 Å². The Balaban J connectivity index is 2.04. The molecule has 8 nitrogen and oxygen atoms in total. The number of nitrogens with one attached hydrogen (secondary N) is 2. The molecule has 0 bridgehead atoms. The second kappa shape index (κ2) is 12.5. The van der Waals surface area contributed by atoms with Gasteiger partial charge in [0.1, 0.15) is 5.69 Å². The highest BCUT2D eigenvalue weighted by Crippen LogP contribution is 2.29. The van der Waals surface area contributed by atoms with Gasteiger partial charge in [0, 0.05) is 17.3 Å². The molecular formula is C23H22Cl2F3N5O3S. The standard InChI is InChI=1S/C23H22Cl2F3N5O3S/c1-4-17(37-3)30-22(34)13-9-12(24)8-11(2)18(13)31-23(35)15-10-16(36-20(28)19(26)27)32-33(15)21-14(25)6-5-7-29-21/h5-10,17,19-20H,4H2,1-3H3,(H,30,34)(H,31,35). The van der Waals surface area contributed by atoms with Gasteiger partial charge in [-0.2, -0.15) is 4.39 Å². The maximum absolute atomic E-state index is 13.6. The summed E-state index contributed by atoms with van der Waals surface area (Å²) in [6, 6.07) is 6.91. The smallest absolute Gasteiger partial charge is 0.304 e. The summed E-state index contributed by atoms with van der Waals surface area (Å²) in [5.74, 6) is -1.93. The SMILES string of the molecule is CCC(NC(=O)c1cc(Cl)cc(C)c1NC(=O)c1cc(OC(F)C(F)F)nn1-c1ncccc1Cl)SC. The molecule has 0 aliphatic rings. The Morgan fingerprint density at radius 2 is 1.92 bits per heavy atom. The van der Waals surface area contributed by atoms with Crippen LogP contribution in [0, 0.1) is 6.92 Å². The first-order valence-electron chi connectivity index (χ1n) is 10.8. The van der Waals surface area contributed by atoms with Gasteiger partial charge < -0.3 is 15.4 Å². The van der Waals surface area contributed by atoms with Gasteiger partial charge >= 0.3 is 6.43 Å². The average molecular weight is 576 g/mol. The van der Waals surface area contributed by atoms with Crippen LogP contribution in [0.3, 0.4) is 0 Å². The van der Waals surface area contributed by atoms with E-state index in [9.17, 15) is 22.8 Å². The monoisotopic (exact) mass is 575 g/mol. The third kappa shape index (κ3) is 6.88. The molecule has 14 heteroatoms. The molecule has 0 radical (unpaired) electrons. The number of amides is 2. The van der Waals surface area contributed by atoms with E-state index >= 15 is 0 Å². The van der Waals surface area contributed by atoms with Crippen LogP contribution in [0.2, 0.25) is 10.0 Å². The number of hydrogen-bond donors (Lipinski definition) is 2. The minimum Gasteiger partial charge on any atom is -0.436 e. The van der Waals surface area contributed by atoms with E-state index < -0.39 is 30.5 Å². The van der Waals surface area contributed by atoms with Crippen molar-refractivity contribution in [2.75, 3.05) is 11.6 Å². The molecule has 2 unspecified atom stereocenters. The number of carbonyl (C=O) groups excluding carboxylic acids is 2. The summed E-state index contributed by atoms with van der Waals surface area (Å²) in [6.45, 7) is 3.55. The van der Waals surface area contributed by atoms with Gasteiger partial charge in [0.05, 0.1) is 21.6 Å². The van der Waals surface area contributed by atoms with Crippen LogP contribution in [0.5, 0.6) is 5.88 Å². The van der Waals surface area contributed by atoms with E-state index in [2.05, 4.69) is 25.5 Å². The second-order valence-electron chi connectivity index (χ2n) is 7.60. The van der Waals surface area contributed by atoms with E-state index in [0.29, 0.717) is 12.0 Å². The molecule has 3 aromatic rings. The zero-order valence-electron chi connectivity index (χ0n) is 19.8. The van der Waals surface area contributed by atoms with Gasteiger partial charge in [-0.25, -0.2) is 18.4 Å². The summed E-state index contributed by atoms with van der Waals surface area (Å²) >= 11 is 13.8. The summed E-state index contributed by atoms with van der Waals surface area (Å²) in [7, 11) is 0. The van der Waals surface area contributed by atoms with Crippen molar-refractivity contribution in [2.45, 2.75) is 38.4 Å². The van der Waals surface area contributed by atoms with Crippen molar-refractivity contribution in [1.29, 1.82) is 0 Å². The fraction of sp³-hybridized carbons (Fsp3) is 0.304. The van der Waals surface area contributed by atoms with Gasteiger partial charge in [0.2, 0.25) is 5.88 Å². The van der Waals surface area contributed by atoms with Crippen molar-refractivity contribution in [3.63, 3.8) is 0 Å². The molecule has 0 aliphatic carbocycles. The summed E-state index contributed by atoms with van der Waals surface area (Å²) in [5, 5.41) is 9.56. The van der Waals surface area contributed by atoms with Gasteiger partial charge in [-0.15, -0.1) is 16.9 Å². The zero-order chi connectivity index (χ0) is 27.3. The lowest BCUT2D eigenvalue weighted by Crippen LogP contribution is -2.33. The molecule has 198 valence electrons. The summed E-state index contributed by atoms with van der Waals surface area (Å²) in [6.07, 6.45) is -2.54. The van der Waals surface area contributed by atoms with Crippen molar-refractivity contribution >= 4 is 52.5 Å². The minimum atomic E-state index is -3.44. The van der Waals surface area contributed by atoms with Crippen molar-refractivity contribution < 1.29 is 27.5 Å². The summed E-state index contributed by atoms with van der Waals surface area (Å²) in [5.41, 5.74) is 0.461. The molecule has 0 spiro atoms. The van der Waals surface area contributed by atoms with E-state index in [1.54, 1.807) is 13.0 Å². The minimum absolute atomic E-state index is 0.0341. The number of rotatable bonds is 10. The molecule has 37 heavy (non-hydrogen) atoms. The molecule has 2 heterocycles. The summed E-state index contributed by atoms with van der Waals surface area (Å²) < 4.78 is 44.4. The number of ether oxygens (including phenoxy) is 1. The van der Waals surface area contributed by atoms with Gasteiger partial charge in [-0.05, 0) is 49.4 Å². The van der Waals surface area contributed by atoms with Crippen LogP contribution in [0.15, 0.2) is 36.5 Å². The lowest BCUT2D eigenvalue weighted by molar-refractivity contribution is -0.0691. The number of benzene rings is 1. The highest BCUT2D eigenvalue weighted by molar-refractivity contribution is 7.99. The maximum Gasteiger partial charge on any atom is 0.304 e. The number of anilines is 1. The van der Waals surface area contributed by atoms with E-state index in [4.69, 9.17) is 23.2 Å². The first-order valence-corrected chi connectivity index (χ1v) is 12.8. The molecule has 0 saturated carbocycles. The van der Waals surface area contributed by atoms with Crippen LogP contribution < -0.4 is 15.4 Å². The molecular weight excluding hydrogens is 554 g/mol. The number of carbonyl (C=O) groups is 2. The third-order valence-electron chi connectivity index (χ3n) is 5.02. The number of nitrogens with zero attached hydrogens (tertiary/aromatic N) is 3. The molecule has 0 saturated heterocycles. The Labute approximate surface area is 224 Å². The quantitative estimate of drug-likeness (QED) is 0.292. The Morgan fingerprint density at radius 3 is 2.54 bits per heavy atom. The average Bonchev–Trinajstić information content (AvgIpc) is 3.27. The third-order valence-corrected chi connectivity index (χ3v) is 6.55. The molecule has 2 atom stereocenters. The Hall–Kier alpha value is -2.96. The molecule has 3 rings (SSSR count). The van der Waals surface area contributed by atoms with Crippen LogP contribution in [-0.4, -0.2) is 51.0 Å². The molecule has 0 aliphatic heterocycles. The number of alkyl halides is 3. The lowest BCUT2D eigenvalue weighted by atomic mass is 10.1. The van der Waals surface area contributed by atoms with Crippen LogP contribution in [-0.2, 0) is 0 Å². The number of thioether (sulfide) groups is 1. The summed E-state index contributed by atoms with van der Waals surface area (Å²) in [4.78, 5) is 30.5. The number of halogens is 5. The predicted octanol–water partition coefficient (Wildman–Crippen LogP) is 5.90. The van der Waals surface area contributed by atoms with E-state index in [1.165, 1.54) is 36.2 Å².